The number of rotatable bonds is 5. The fourth-order valence-corrected chi connectivity index (χ4v) is 5.70. The molecule has 0 amide bonds. The van der Waals surface area contributed by atoms with E-state index in [4.69, 9.17) is 16.7 Å². The lowest BCUT2D eigenvalue weighted by Gasteiger charge is -2.14. The largest absolute Gasteiger partial charge is 0.391 e. The summed E-state index contributed by atoms with van der Waals surface area (Å²) in [6, 6.07) is 5.17. The Balaban J connectivity index is 2.24. The van der Waals surface area contributed by atoms with Gasteiger partial charge in [-0.05, 0) is 30.7 Å². The van der Waals surface area contributed by atoms with E-state index in [-0.39, 0.29) is 17.4 Å². The Bertz CT molecular complexity index is 705. The number of sulfonamides is 1. The summed E-state index contributed by atoms with van der Waals surface area (Å²) in [6.45, 7) is 1.93. The number of aryl methyl sites for hydroxylation is 1. The van der Waals surface area contributed by atoms with Crippen LogP contribution in [0.25, 0.3) is 0 Å². The van der Waals surface area contributed by atoms with Crippen molar-refractivity contribution in [2.75, 3.05) is 7.05 Å². The molecule has 0 saturated heterocycles. The third-order valence-corrected chi connectivity index (χ3v) is 7.50. The molecule has 0 unspecified atom stereocenters. The van der Waals surface area contributed by atoms with Crippen molar-refractivity contribution in [1.29, 1.82) is 0 Å². The van der Waals surface area contributed by atoms with Crippen LogP contribution in [0.2, 0.25) is 4.34 Å². The number of hydrogen-bond donors (Lipinski definition) is 1. The van der Waals surface area contributed by atoms with E-state index in [0.717, 1.165) is 21.8 Å². The zero-order chi connectivity index (χ0) is 14.9. The molecule has 0 spiro atoms. The molecule has 2 heterocycles. The smallest absolute Gasteiger partial charge is 0.252 e. The number of hydrogen-bond acceptors (Lipinski definition) is 5. The standard InChI is InChI=1S/C12H14ClNO3S3/c1-8-5-12(19-10(8)7-15)20(16,17)14(2)6-9-3-4-11(13)18-9/h3-5,15H,6-7H2,1-2H3. The van der Waals surface area contributed by atoms with Crippen LogP contribution in [0.15, 0.2) is 22.4 Å². The van der Waals surface area contributed by atoms with E-state index in [1.807, 2.05) is 6.07 Å². The fraction of sp³-hybridized carbons (Fsp3) is 0.333. The maximum absolute atomic E-state index is 12.5. The van der Waals surface area contributed by atoms with Gasteiger partial charge in [0.15, 0.2) is 0 Å². The molecular formula is C12H14ClNO3S3. The summed E-state index contributed by atoms with van der Waals surface area (Å²) < 4.78 is 27.1. The second-order valence-electron chi connectivity index (χ2n) is 4.30. The summed E-state index contributed by atoms with van der Waals surface area (Å²) in [5, 5.41) is 9.16. The molecule has 2 aromatic rings. The van der Waals surface area contributed by atoms with E-state index in [1.54, 1.807) is 19.1 Å². The summed E-state index contributed by atoms with van der Waals surface area (Å²) in [6.07, 6.45) is 0. The van der Waals surface area contributed by atoms with Crippen molar-refractivity contribution in [2.45, 2.75) is 24.3 Å². The Hall–Kier alpha value is -0.440. The maximum Gasteiger partial charge on any atom is 0.252 e. The normalized spacial score (nSPS) is 12.2. The second-order valence-corrected chi connectivity index (χ2v) is 9.50. The fourth-order valence-electron chi connectivity index (χ4n) is 1.67. The van der Waals surface area contributed by atoms with Gasteiger partial charge in [0, 0.05) is 23.3 Å². The maximum atomic E-state index is 12.5. The summed E-state index contributed by atoms with van der Waals surface area (Å²) in [5.41, 5.74) is 0.795. The van der Waals surface area contributed by atoms with Gasteiger partial charge in [0.05, 0.1) is 10.9 Å². The summed E-state index contributed by atoms with van der Waals surface area (Å²) in [5.74, 6) is 0. The summed E-state index contributed by atoms with van der Waals surface area (Å²) in [7, 11) is -2.00. The monoisotopic (exact) mass is 351 g/mol. The van der Waals surface area contributed by atoms with E-state index >= 15 is 0 Å². The number of aliphatic hydroxyl groups is 1. The van der Waals surface area contributed by atoms with Crippen LogP contribution in [-0.4, -0.2) is 24.9 Å². The first kappa shape index (κ1) is 15.9. The lowest BCUT2D eigenvalue weighted by atomic mass is 10.3. The van der Waals surface area contributed by atoms with E-state index < -0.39 is 10.0 Å². The Morgan fingerprint density at radius 2 is 2.05 bits per heavy atom. The summed E-state index contributed by atoms with van der Waals surface area (Å²) >= 11 is 8.31. The molecule has 0 saturated carbocycles. The molecule has 0 aromatic carbocycles. The first-order valence-electron chi connectivity index (χ1n) is 5.75. The van der Waals surface area contributed by atoms with Gasteiger partial charge in [-0.3, -0.25) is 0 Å². The molecule has 0 aliphatic heterocycles. The highest BCUT2D eigenvalue weighted by Crippen LogP contribution is 2.30. The van der Waals surface area contributed by atoms with E-state index in [2.05, 4.69) is 0 Å². The Morgan fingerprint density at radius 1 is 1.35 bits per heavy atom. The van der Waals surface area contributed by atoms with Gasteiger partial charge in [-0.25, -0.2) is 8.42 Å². The average Bonchev–Trinajstić information content (AvgIpc) is 2.95. The van der Waals surface area contributed by atoms with Crippen LogP contribution in [0.4, 0.5) is 0 Å². The minimum Gasteiger partial charge on any atom is -0.391 e. The molecule has 2 rings (SSSR count). The molecule has 20 heavy (non-hydrogen) atoms. The van der Waals surface area contributed by atoms with Gasteiger partial charge >= 0.3 is 0 Å². The Kier molecular flexibility index (Phi) is 4.88. The molecule has 0 fully saturated rings. The topological polar surface area (TPSA) is 57.6 Å². The number of thiophene rings is 2. The van der Waals surface area contributed by atoms with Crippen LogP contribution >= 0.6 is 34.3 Å². The van der Waals surface area contributed by atoms with Crippen molar-refractivity contribution >= 4 is 44.3 Å². The molecule has 0 aliphatic rings. The van der Waals surface area contributed by atoms with Crippen LogP contribution in [0.3, 0.4) is 0 Å². The lowest BCUT2D eigenvalue weighted by molar-refractivity contribution is 0.285. The van der Waals surface area contributed by atoms with Gasteiger partial charge in [-0.15, -0.1) is 22.7 Å². The van der Waals surface area contributed by atoms with Gasteiger partial charge < -0.3 is 5.11 Å². The molecule has 0 atom stereocenters. The molecule has 1 N–H and O–H groups in total. The van der Waals surface area contributed by atoms with E-state index in [9.17, 15) is 8.42 Å². The highest BCUT2D eigenvalue weighted by atomic mass is 35.5. The predicted octanol–water partition coefficient (Wildman–Crippen LogP) is 3.08. The number of aliphatic hydroxyl groups excluding tert-OH is 1. The number of nitrogens with zero attached hydrogens (tertiary/aromatic N) is 1. The first-order valence-corrected chi connectivity index (χ1v) is 9.20. The molecule has 110 valence electrons. The highest BCUT2D eigenvalue weighted by molar-refractivity contribution is 7.91. The van der Waals surface area contributed by atoms with Crippen molar-refractivity contribution in [3.63, 3.8) is 0 Å². The predicted molar refractivity (Wildman–Crippen MR) is 83.0 cm³/mol. The van der Waals surface area contributed by atoms with Crippen molar-refractivity contribution < 1.29 is 13.5 Å². The quantitative estimate of drug-likeness (QED) is 0.900. The minimum atomic E-state index is -3.54. The van der Waals surface area contributed by atoms with Crippen LogP contribution in [-0.2, 0) is 23.2 Å². The minimum absolute atomic E-state index is 0.143. The Labute approximate surface area is 131 Å². The molecule has 0 bridgehead atoms. The van der Waals surface area contributed by atoms with Crippen LogP contribution in [0, 0.1) is 6.92 Å². The van der Waals surface area contributed by atoms with Gasteiger partial charge in [-0.2, -0.15) is 4.31 Å². The Morgan fingerprint density at radius 3 is 2.55 bits per heavy atom. The van der Waals surface area contributed by atoms with Gasteiger partial charge in [0.25, 0.3) is 10.0 Å². The molecule has 8 heteroatoms. The molecule has 4 nitrogen and oxygen atoms in total. The second kappa shape index (κ2) is 6.13. The molecular weight excluding hydrogens is 338 g/mol. The molecule has 0 aliphatic carbocycles. The lowest BCUT2D eigenvalue weighted by Crippen LogP contribution is -2.25. The van der Waals surface area contributed by atoms with E-state index in [0.29, 0.717) is 9.21 Å². The third kappa shape index (κ3) is 3.24. The first-order chi connectivity index (χ1) is 9.34. The van der Waals surface area contributed by atoms with Crippen LogP contribution in [0.1, 0.15) is 15.3 Å². The van der Waals surface area contributed by atoms with Gasteiger partial charge in [-0.1, -0.05) is 11.6 Å². The zero-order valence-corrected chi connectivity index (χ0v) is 14.2. The molecule has 0 radical (unpaired) electrons. The zero-order valence-electron chi connectivity index (χ0n) is 11.0. The van der Waals surface area contributed by atoms with Crippen molar-refractivity contribution in [3.8, 4) is 0 Å². The third-order valence-electron chi connectivity index (χ3n) is 2.81. The molecule has 2 aromatic heterocycles. The van der Waals surface area contributed by atoms with Crippen molar-refractivity contribution in [3.05, 3.63) is 37.9 Å². The highest BCUT2D eigenvalue weighted by Gasteiger charge is 2.24. The van der Waals surface area contributed by atoms with Crippen LogP contribution in [0.5, 0.6) is 0 Å². The van der Waals surface area contributed by atoms with Crippen molar-refractivity contribution in [1.82, 2.24) is 4.31 Å². The SMILES string of the molecule is Cc1cc(S(=O)(=O)N(C)Cc2ccc(Cl)s2)sc1CO. The number of halogens is 1. The van der Waals surface area contributed by atoms with Crippen LogP contribution < -0.4 is 0 Å². The summed E-state index contributed by atoms with van der Waals surface area (Å²) in [4.78, 5) is 1.56. The van der Waals surface area contributed by atoms with Gasteiger partial charge in [0.2, 0.25) is 0 Å². The van der Waals surface area contributed by atoms with Crippen molar-refractivity contribution in [2.24, 2.45) is 0 Å². The van der Waals surface area contributed by atoms with E-state index in [1.165, 1.54) is 22.7 Å². The van der Waals surface area contributed by atoms with Gasteiger partial charge in [0.1, 0.15) is 4.21 Å². The average molecular weight is 352 g/mol.